The largest absolute Gasteiger partial charge is 0.351 e. The molecule has 0 unspecified atom stereocenters. The number of benzene rings is 6. The van der Waals surface area contributed by atoms with Gasteiger partial charge in [0.25, 0.3) is 11.8 Å². The van der Waals surface area contributed by atoms with Gasteiger partial charge in [-0.25, -0.2) is 0 Å². The Hall–Kier alpha value is -4.88. The highest BCUT2D eigenvalue weighted by molar-refractivity contribution is 7.96. The summed E-state index contributed by atoms with van der Waals surface area (Å²) in [6, 6.07) is 62.4. The predicted molar refractivity (Wildman–Crippen MR) is 206 cm³/mol. The first kappa shape index (κ1) is 33.0. The number of carbonyl (C=O) groups is 2. The molecule has 0 radical (unpaired) electrons. The van der Waals surface area contributed by atoms with Crippen molar-refractivity contribution in [1.82, 2.24) is 10.6 Å². The minimum absolute atomic E-state index is 0.0335. The van der Waals surface area contributed by atoms with Gasteiger partial charge in [0.15, 0.2) is 12.3 Å². The van der Waals surface area contributed by atoms with E-state index in [2.05, 4.69) is 83.4 Å². The number of rotatable bonds is 13. The van der Waals surface area contributed by atoms with Gasteiger partial charge in [0.2, 0.25) is 0 Å². The fraction of sp³-hybridized carbons (Fsp3) is 0.0952. The molecule has 6 rings (SSSR count). The van der Waals surface area contributed by atoms with E-state index in [4.69, 9.17) is 0 Å². The zero-order chi connectivity index (χ0) is 33.1. The quantitative estimate of drug-likeness (QED) is 0.132. The molecule has 48 heavy (non-hydrogen) atoms. The van der Waals surface area contributed by atoms with E-state index in [1.54, 1.807) is 0 Å². The first-order chi connectivity index (χ1) is 23.6. The van der Waals surface area contributed by atoms with Crippen molar-refractivity contribution >= 4 is 58.2 Å². The van der Waals surface area contributed by atoms with Gasteiger partial charge in [0.1, 0.15) is 46.4 Å². The van der Waals surface area contributed by atoms with Gasteiger partial charge in [-0.1, -0.05) is 109 Å². The second-order valence-corrected chi connectivity index (χ2v) is 18.6. The molecule has 2 N–H and O–H groups in total. The third-order valence-corrected chi connectivity index (χ3v) is 17.3. The Morgan fingerprint density at radius 3 is 0.708 bits per heavy atom. The van der Waals surface area contributed by atoms with Crippen LogP contribution in [0.5, 0.6) is 0 Å². The Morgan fingerprint density at radius 2 is 0.521 bits per heavy atom. The van der Waals surface area contributed by atoms with Crippen LogP contribution in [0, 0.1) is 0 Å². The van der Waals surface area contributed by atoms with E-state index in [1.165, 1.54) is 0 Å². The summed E-state index contributed by atoms with van der Waals surface area (Å²) in [5.41, 5.74) is 0. The van der Waals surface area contributed by atoms with Crippen molar-refractivity contribution in [3.05, 3.63) is 182 Å². The molecule has 0 aromatic heterocycles. The van der Waals surface area contributed by atoms with Gasteiger partial charge < -0.3 is 10.6 Å². The molecule has 0 saturated heterocycles. The highest BCUT2D eigenvalue weighted by atomic mass is 31.2. The van der Waals surface area contributed by atoms with Crippen molar-refractivity contribution in [2.24, 2.45) is 0 Å². The average Bonchev–Trinajstić information content (AvgIpc) is 3.17. The Kier molecular flexibility index (Phi) is 10.9. The number of hydrogen-bond donors (Lipinski definition) is 2. The van der Waals surface area contributed by atoms with Crippen molar-refractivity contribution in [2.75, 3.05) is 25.4 Å². The predicted octanol–water partition coefficient (Wildman–Crippen LogP) is 5.21. The van der Waals surface area contributed by atoms with Crippen LogP contribution < -0.4 is 42.5 Å². The number of amides is 2. The molecule has 0 bridgehead atoms. The van der Waals surface area contributed by atoms with Crippen LogP contribution in [0.25, 0.3) is 0 Å². The fourth-order valence-corrected chi connectivity index (χ4v) is 14.5. The van der Waals surface area contributed by atoms with Crippen LogP contribution in [0.1, 0.15) is 0 Å². The lowest BCUT2D eigenvalue weighted by Crippen LogP contribution is -2.43. The fourth-order valence-electron chi connectivity index (χ4n) is 6.48. The lowest BCUT2D eigenvalue weighted by atomic mass is 10.4. The second-order valence-electron chi connectivity index (χ2n) is 11.6. The molecule has 4 nitrogen and oxygen atoms in total. The average molecular weight is 667 g/mol. The molecule has 0 heterocycles. The molecular formula is C42H40N2O2P2+2. The molecule has 6 aromatic carbocycles. The van der Waals surface area contributed by atoms with E-state index in [-0.39, 0.29) is 11.8 Å². The van der Waals surface area contributed by atoms with Gasteiger partial charge in [-0.3, -0.25) is 9.59 Å². The van der Waals surface area contributed by atoms with Crippen molar-refractivity contribution in [2.45, 2.75) is 0 Å². The third kappa shape index (κ3) is 7.16. The maximum absolute atomic E-state index is 13.8. The summed E-state index contributed by atoms with van der Waals surface area (Å²) in [5, 5.41) is 13.3. The molecule has 0 saturated carbocycles. The molecule has 0 atom stereocenters. The molecule has 0 aliphatic carbocycles. The molecule has 0 spiro atoms. The van der Waals surface area contributed by atoms with Crippen LogP contribution >= 0.6 is 14.5 Å². The van der Waals surface area contributed by atoms with E-state index < -0.39 is 14.5 Å². The highest BCUT2D eigenvalue weighted by Gasteiger charge is 2.48. The van der Waals surface area contributed by atoms with Crippen molar-refractivity contribution in [3.8, 4) is 0 Å². The summed E-state index contributed by atoms with van der Waals surface area (Å²) in [4.78, 5) is 27.6. The zero-order valence-corrected chi connectivity index (χ0v) is 28.6. The molecule has 6 aromatic rings. The van der Waals surface area contributed by atoms with Crippen LogP contribution in [0.15, 0.2) is 182 Å². The summed E-state index contributed by atoms with van der Waals surface area (Å²) in [6.45, 7) is 0.687. The summed E-state index contributed by atoms with van der Waals surface area (Å²) >= 11 is 0. The molecule has 2 amide bonds. The topological polar surface area (TPSA) is 58.2 Å². The van der Waals surface area contributed by atoms with Gasteiger partial charge in [-0.05, 0) is 72.8 Å². The van der Waals surface area contributed by atoms with Crippen molar-refractivity contribution < 1.29 is 9.59 Å². The molecule has 0 aliphatic heterocycles. The summed E-state index contributed by atoms with van der Waals surface area (Å²) in [5.74, 6) is -0.0670. The Balaban J connectivity index is 1.20. The van der Waals surface area contributed by atoms with Crippen molar-refractivity contribution in [3.63, 3.8) is 0 Å². The van der Waals surface area contributed by atoms with E-state index in [9.17, 15) is 9.59 Å². The van der Waals surface area contributed by atoms with E-state index in [0.29, 0.717) is 25.4 Å². The normalized spacial score (nSPS) is 11.4. The minimum Gasteiger partial charge on any atom is -0.351 e. The van der Waals surface area contributed by atoms with Gasteiger partial charge in [-0.15, -0.1) is 0 Å². The van der Waals surface area contributed by atoms with E-state index in [1.807, 2.05) is 109 Å². The SMILES string of the molecule is O=C(C[P+](c1ccccc1)(c1ccccc1)c1ccccc1)NCCNC(=O)C[P+](c1ccccc1)(c1ccccc1)c1ccccc1. The molecule has 0 aliphatic rings. The van der Waals surface area contributed by atoms with E-state index in [0.717, 1.165) is 31.8 Å². The Bertz CT molecular complexity index is 1560. The molecule has 238 valence electrons. The summed E-state index contributed by atoms with van der Waals surface area (Å²) in [6.07, 6.45) is 0.674. The third-order valence-electron chi connectivity index (χ3n) is 8.71. The van der Waals surface area contributed by atoms with Gasteiger partial charge in [0, 0.05) is 13.1 Å². The first-order valence-electron chi connectivity index (χ1n) is 16.3. The van der Waals surface area contributed by atoms with Crippen LogP contribution in [0.4, 0.5) is 0 Å². The Morgan fingerprint density at radius 1 is 0.333 bits per heavy atom. The van der Waals surface area contributed by atoms with E-state index >= 15 is 0 Å². The zero-order valence-electron chi connectivity index (χ0n) is 26.9. The van der Waals surface area contributed by atoms with Gasteiger partial charge in [0.05, 0.1) is 0 Å². The maximum Gasteiger partial charge on any atom is 0.258 e. The number of carbonyl (C=O) groups excluding carboxylic acids is 2. The van der Waals surface area contributed by atoms with Gasteiger partial charge in [-0.2, -0.15) is 0 Å². The minimum atomic E-state index is -2.30. The molecular weight excluding hydrogens is 626 g/mol. The second kappa shape index (κ2) is 15.8. The van der Waals surface area contributed by atoms with Crippen LogP contribution in [0.2, 0.25) is 0 Å². The molecule has 6 heteroatoms. The number of hydrogen-bond acceptors (Lipinski definition) is 2. The lowest BCUT2D eigenvalue weighted by Gasteiger charge is -2.27. The smallest absolute Gasteiger partial charge is 0.258 e. The van der Waals surface area contributed by atoms with Crippen molar-refractivity contribution in [1.29, 1.82) is 0 Å². The Labute approximate surface area is 284 Å². The summed E-state index contributed by atoms with van der Waals surface area (Å²) < 4.78 is 0. The van der Waals surface area contributed by atoms with Crippen LogP contribution in [-0.2, 0) is 9.59 Å². The maximum atomic E-state index is 13.8. The van der Waals surface area contributed by atoms with Crippen LogP contribution in [0.3, 0.4) is 0 Å². The number of nitrogens with one attached hydrogen (secondary N) is 2. The van der Waals surface area contributed by atoms with Gasteiger partial charge >= 0.3 is 0 Å². The summed E-state index contributed by atoms with van der Waals surface area (Å²) in [7, 11) is -4.60. The monoisotopic (exact) mass is 666 g/mol. The highest BCUT2D eigenvalue weighted by Crippen LogP contribution is 2.56. The van der Waals surface area contributed by atoms with Crippen LogP contribution in [-0.4, -0.2) is 37.2 Å². The standard InChI is InChI=1S/C42H38N2O2P2/c45-41(33-47(35-19-7-1-8-20-35,36-21-9-2-10-22-36)37-23-11-3-12-24-37)43-31-32-44-42(46)34-48(38-25-13-4-14-26-38,39-27-15-5-16-28-39)40-29-17-6-18-30-40/h1-30H,31-34H2/p+2. The lowest BCUT2D eigenvalue weighted by molar-refractivity contribution is -0.120. The molecule has 0 fully saturated rings. The first-order valence-corrected chi connectivity index (χ1v) is 20.2.